The van der Waals surface area contributed by atoms with Crippen LogP contribution in [0.3, 0.4) is 0 Å². The van der Waals surface area contributed by atoms with Crippen molar-refractivity contribution in [2.75, 3.05) is 0 Å². The predicted molar refractivity (Wildman–Crippen MR) is 142 cm³/mol. The highest BCUT2D eigenvalue weighted by Crippen LogP contribution is 2.32. The van der Waals surface area contributed by atoms with Gasteiger partial charge in [-0.15, -0.1) is 0 Å². The van der Waals surface area contributed by atoms with Crippen LogP contribution in [0.15, 0.2) is 109 Å². The van der Waals surface area contributed by atoms with Gasteiger partial charge in [0.15, 0.2) is 0 Å². The fourth-order valence-electron chi connectivity index (χ4n) is 4.90. The first-order valence-electron chi connectivity index (χ1n) is 11.7. The van der Waals surface area contributed by atoms with Crippen molar-refractivity contribution >= 4 is 34.1 Å². The highest BCUT2D eigenvalue weighted by atomic mass is 16.4. The quantitative estimate of drug-likeness (QED) is 0.259. The molecule has 5 aromatic carbocycles. The van der Waals surface area contributed by atoms with Crippen LogP contribution in [-0.2, 0) is 13.1 Å². The lowest BCUT2D eigenvalue weighted by atomic mass is 9.77. The summed E-state index contributed by atoms with van der Waals surface area (Å²) in [5.41, 5.74) is 3.99. The van der Waals surface area contributed by atoms with E-state index in [-0.39, 0.29) is 6.04 Å². The molecule has 5 aromatic rings. The van der Waals surface area contributed by atoms with Crippen LogP contribution in [0.1, 0.15) is 29.7 Å². The van der Waals surface area contributed by atoms with E-state index in [0.717, 1.165) is 12.1 Å². The van der Waals surface area contributed by atoms with Crippen LogP contribution in [0.2, 0.25) is 0 Å². The van der Waals surface area contributed by atoms with Crippen molar-refractivity contribution in [2.45, 2.75) is 26.1 Å². The molecule has 0 aliphatic heterocycles. The summed E-state index contributed by atoms with van der Waals surface area (Å²) >= 11 is 0. The minimum atomic E-state index is -1.50. The lowest BCUT2D eigenvalue weighted by Crippen LogP contribution is -2.36. The molecule has 0 heterocycles. The summed E-state index contributed by atoms with van der Waals surface area (Å²) in [5, 5.41) is 24.9. The van der Waals surface area contributed by atoms with Crippen LogP contribution >= 0.6 is 0 Å². The second kappa shape index (κ2) is 9.82. The molecule has 2 N–H and O–H groups in total. The van der Waals surface area contributed by atoms with E-state index in [1.54, 1.807) is 6.07 Å². The second-order valence-electron chi connectivity index (χ2n) is 8.86. The summed E-state index contributed by atoms with van der Waals surface area (Å²) in [7, 11) is -1.50. The molecule has 0 aliphatic rings. The molecular weight excluding hydrogens is 417 g/mol. The maximum absolute atomic E-state index is 9.98. The molecule has 0 fully saturated rings. The van der Waals surface area contributed by atoms with Crippen molar-refractivity contribution in [3.8, 4) is 0 Å². The van der Waals surface area contributed by atoms with Gasteiger partial charge in [-0.1, -0.05) is 103 Å². The van der Waals surface area contributed by atoms with Crippen molar-refractivity contribution < 1.29 is 10.0 Å². The molecule has 0 aromatic heterocycles. The maximum atomic E-state index is 9.98. The van der Waals surface area contributed by atoms with Gasteiger partial charge in [0.1, 0.15) is 0 Å². The van der Waals surface area contributed by atoms with E-state index in [0.29, 0.717) is 12.0 Å². The molecule has 1 atom stereocenters. The van der Waals surface area contributed by atoms with Gasteiger partial charge in [0.05, 0.1) is 0 Å². The van der Waals surface area contributed by atoms with Gasteiger partial charge in [0.25, 0.3) is 0 Å². The molecule has 0 spiro atoms. The zero-order chi connectivity index (χ0) is 23.5. The Kier molecular flexibility index (Phi) is 6.46. The van der Waals surface area contributed by atoms with E-state index < -0.39 is 7.12 Å². The number of hydrogen-bond donors (Lipinski definition) is 2. The number of benzene rings is 5. The fraction of sp³-hybridized carbons (Fsp3) is 0.133. The first kappa shape index (κ1) is 22.4. The number of hydrogen-bond acceptors (Lipinski definition) is 3. The van der Waals surface area contributed by atoms with Crippen molar-refractivity contribution in [2.24, 2.45) is 0 Å². The average Bonchev–Trinajstić information content (AvgIpc) is 2.88. The molecule has 0 saturated heterocycles. The third-order valence-corrected chi connectivity index (χ3v) is 6.78. The van der Waals surface area contributed by atoms with E-state index in [4.69, 9.17) is 0 Å². The zero-order valence-corrected chi connectivity index (χ0v) is 19.3. The van der Waals surface area contributed by atoms with Gasteiger partial charge in [-0.05, 0) is 56.7 Å². The molecule has 5 rings (SSSR count). The lowest BCUT2D eigenvalue weighted by Gasteiger charge is -2.31. The second-order valence-corrected chi connectivity index (χ2v) is 8.86. The van der Waals surface area contributed by atoms with Gasteiger partial charge >= 0.3 is 7.12 Å². The fourth-order valence-corrected chi connectivity index (χ4v) is 4.90. The highest BCUT2D eigenvalue weighted by molar-refractivity contribution is 6.59. The molecule has 0 aliphatic carbocycles. The topological polar surface area (TPSA) is 43.7 Å². The molecule has 0 bridgehead atoms. The minimum absolute atomic E-state index is 0.128. The highest BCUT2D eigenvalue weighted by Gasteiger charge is 2.22. The van der Waals surface area contributed by atoms with E-state index >= 15 is 0 Å². The smallest absolute Gasteiger partial charge is 0.423 e. The van der Waals surface area contributed by atoms with E-state index in [2.05, 4.69) is 90.7 Å². The Bertz CT molecular complexity index is 1360. The summed E-state index contributed by atoms with van der Waals surface area (Å²) in [5.74, 6) is 0. The molecule has 168 valence electrons. The van der Waals surface area contributed by atoms with Crippen LogP contribution in [0, 0.1) is 0 Å². The summed E-state index contributed by atoms with van der Waals surface area (Å²) in [6, 6.07) is 37.6. The monoisotopic (exact) mass is 445 g/mol. The van der Waals surface area contributed by atoms with Crippen molar-refractivity contribution in [1.29, 1.82) is 0 Å². The SMILES string of the molecule is C[C@H](c1ccccc1)N(Cc1ccccc1B(O)O)Cc1c2ccccc2cc2ccccc12. The Morgan fingerprint density at radius 3 is 1.88 bits per heavy atom. The van der Waals surface area contributed by atoms with Gasteiger partial charge in [-0.3, -0.25) is 4.90 Å². The first-order chi connectivity index (χ1) is 16.6. The van der Waals surface area contributed by atoms with E-state index in [1.807, 2.05) is 24.3 Å². The summed E-state index contributed by atoms with van der Waals surface area (Å²) in [6.07, 6.45) is 0. The molecule has 3 nitrogen and oxygen atoms in total. The van der Waals surface area contributed by atoms with Crippen LogP contribution in [0.4, 0.5) is 0 Å². The largest absolute Gasteiger partial charge is 0.488 e. The minimum Gasteiger partial charge on any atom is -0.423 e. The average molecular weight is 445 g/mol. The van der Waals surface area contributed by atoms with Crippen molar-refractivity contribution in [3.05, 3.63) is 126 Å². The molecule has 4 heteroatoms. The normalized spacial score (nSPS) is 12.4. The van der Waals surface area contributed by atoms with Crippen LogP contribution in [0.5, 0.6) is 0 Å². The van der Waals surface area contributed by atoms with Gasteiger partial charge in [-0.2, -0.15) is 0 Å². The number of fused-ring (bicyclic) bond motifs is 2. The maximum Gasteiger partial charge on any atom is 0.488 e. The molecule has 0 radical (unpaired) electrons. The number of nitrogens with zero attached hydrogens (tertiary/aromatic N) is 1. The van der Waals surface area contributed by atoms with Gasteiger partial charge < -0.3 is 10.0 Å². The molecular formula is C30H28BNO2. The number of rotatable bonds is 7. The van der Waals surface area contributed by atoms with Crippen LogP contribution in [0.25, 0.3) is 21.5 Å². The molecule has 0 amide bonds. The Morgan fingerprint density at radius 1 is 0.676 bits per heavy atom. The standard InChI is InChI=1S/C30H28BNO2/c1-22(23-11-3-2-4-12-23)32(20-26-15-7-10-18-30(26)31(33)34)21-29-27-16-8-5-13-24(27)19-25-14-6-9-17-28(25)29/h2-19,22,33-34H,20-21H2,1H3/t22-/m1/s1. The molecule has 0 saturated carbocycles. The Hall–Kier alpha value is -3.44. The van der Waals surface area contributed by atoms with Gasteiger partial charge in [0, 0.05) is 19.1 Å². The Labute approximate surface area is 201 Å². The summed E-state index contributed by atoms with van der Waals surface area (Å²) in [4.78, 5) is 2.42. The summed E-state index contributed by atoms with van der Waals surface area (Å²) in [6.45, 7) is 3.55. The third-order valence-electron chi connectivity index (χ3n) is 6.78. The molecule has 34 heavy (non-hydrogen) atoms. The van der Waals surface area contributed by atoms with E-state index in [9.17, 15) is 10.0 Å². The predicted octanol–water partition coefficient (Wildman–Crippen LogP) is 5.44. The van der Waals surface area contributed by atoms with Gasteiger partial charge in [0.2, 0.25) is 0 Å². The van der Waals surface area contributed by atoms with Crippen molar-refractivity contribution in [3.63, 3.8) is 0 Å². The van der Waals surface area contributed by atoms with E-state index in [1.165, 1.54) is 32.7 Å². The third kappa shape index (κ3) is 4.49. The van der Waals surface area contributed by atoms with Crippen LogP contribution < -0.4 is 5.46 Å². The Morgan fingerprint density at radius 2 is 1.24 bits per heavy atom. The van der Waals surface area contributed by atoms with Gasteiger partial charge in [-0.25, -0.2) is 0 Å². The molecule has 0 unspecified atom stereocenters. The summed E-state index contributed by atoms with van der Waals surface area (Å²) < 4.78 is 0. The van der Waals surface area contributed by atoms with Crippen LogP contribution in [-0.4, -0.2) is 22.1 Å². The Balaban J connectivity index is 1.64. The van der Waals surface area contributed by atoms with Crippen molar-refractivity contribution in [1.82, 2.24) is 4.90 Å². The lowest BCUT2D eigenvalue weighted by molar-refractivity contribution is 0.194. The zero-order valence-electron chi connectivity index (χ0n) is 19.3. The first-order valence-corrected chi connectivity index (χ1v) is 11.7.